The van der Waals surface area contributed by atoms with Crippen LogP contribution in [-0.4, -0.2) is 93.7 Å². The summed E-state index contributed by atoms with van der Waals surface area (Å²) < 4.78 is 0. The number of aliphatic hydroxyl groups is 4. The van der Waals surface area contributed by atoms with Crippen LogP contribution in [0.5, 0.6) is 0 Å². The summed E-state index contributed by atoms with van der Waals surface area (Å²) in [7, 11) is 0. The molecule has 0 aliphatic heterocycles. The van der Waals surface area contributed by atoms with Gasteiger partial charge in [0.05, 0.1) is 0 Å². The second kappa shape index (κ2) is 13.8. The molecule has 0 fully saturated rings. The van der Waals surface area contributed by atoms with E-state index in [0.717, 1.165) is 0 Å². The van der Waals surface area contributed by atoms with Gasteiger partial charge in [-0.15, -0.1) is 0 Å². The van der Waals surface area contributed by atoms with E-state index in [1.807, 2.05) is 0 Å². The molecule has 8 heteroatoms. The van der Waals surface area contributed by atoms with Crippen LogP contribution >= 0.6 is 12.2 Å². The van der Waals surface area contributed by atoms with Gasteiger partial charge in [-0.1, -0.05) is 12.2 Å². The fourth-order valence-electron chi connectivity index (χ4n) is 1.95. The van der Waals surface area contributed by atoms with Crippen molar-refractivity contribution in [3.8, 4) is 0 Å². The number of rotatable bonds is 12. The molecular formula is C14H28N2O5S. The molecule has 0 aromatic carbocycles. The zero-order chi connectivity index (χ0) is 16.8. The lowest BCUT2D eigenvalue weighted by molar-refractivity contribution is -0.125. The molecule has 0 heterocycles. The molecule has 0 aliphatic rings. The Morgan fingerprint density at radius 2 is 1.00 bits per heavy atom. The lowest BCUT2D eigenvalue weighted by atomic mass is 10.3. The van der Waals surface area contributed by atoms with Crippen LogP contribution in [0.2, 0.25) is 0 Å². The van der Waals surface area contributed by atoms with Crippen molar-refractivity contribution in [3.63, 3.8) is 0 Å². The Kier molecular flexibility index (Phi) is 13.3. The normalized spacial score (nSPS) is 10.5. The molecule has 0 aromatic heterocycles. The molecule has 4 N–H and O–H groups in total. The lowest BCUT2D eigenvalue weighted by Gasteiger charge is -2.29. The largest absolute Gasteiger partial charge is 0.396 e. The second-order valence-corrected chi connectivity index (χ2v) is 5.28. The third-order valence-corrected chi connectivity index (χ3v) is 3.53. The highest BCUT2D eigenvalue weighted by Crippen LogP contribution is 2.04. The number of nitrogens with zero attached hydrogens (tertiary/aromatic N) is 2. The quantitative estimate of drug-likeness (QED) is 0.338. The summed E-state index contributed by atoms with van der Waals surface area (Å²) >= 11 is 5.25. The van der Waals surface area contributed by atoms with Gasteiger partial charge in [0.15, 0.2) is 4.99 Å². The van der Waals surface area contributed by atoms with Gasteiger partial charge in [-0.2, -0.15) is 0 Å². The van der Waals surface area contributed by atoms with Crippen molar-refractivity contribution >= 4 is 23.1 Å². The van der Waals surface area contributed by atoms with Gasteiger partial charge in [0, 0.05) is 52.6 Å². The molecule has 0 radical (unpaired) electrons. The average Bonchev–Trinajstić information content (AvgIpc) is 2.54. The Morgan fingerprint density at radius 3 is 1.32 bits per heavy atom. The predicted octanol–water partition coefficient (Wildman–Crippen LogP) is -1.03. The summed E-state index contributed by atoms with van der Waals surface area (Å²) in [5.74, 6) is -0.312. The van der Waals surface area contributed by atoms with Crippen molar-refractivity contribution in [3.05, 3.63) is 0 Å². The predicted molar refractivity (Wildman–Crippen MR) is 87.6 cm³/mol. The highest BCUT2D eigenvalue weighted by Gasteiger charge is 2.22. The van der Waals surface area contributed by atoms with E-state index in [1.54, 1.807) is 4.90 Å². The van der Waals surface area contributed by atoms with Gasteiger partial charge in [-0.25, -0.2) is 0 Å². The molecule has 0 unspecified atom stereocenters. The highest BCUT2D eigenvalue weighted by molar-refractivity contribution is 7.81. The van der Waals surface area contributed by atoms with Crippen LogP contribution in [0, 0.1) is 0 Å². The molecule has 0 saturated carbocycles. The highest BCUT2D eigenvalue weighted by atomic mass is 32.1. The minimum Gasteiger partial charge on any atom is -0.396 e. The SMILES string of the molecule is O=C(C(=S)N(CCCO)CCCO)N(CCCO)CCCO. The van der Waals surface area contributed by atoms with E-state index in [4.69, 9.17) is 32.6 Å². The average molecular weight is 336 g/mol. The summed E-state index contributed by atoms with van der Waals surface area (Å²) in [6.07, 6.45) is 1.89. The van der Waals surface area contributed by atoms with E-state index < -0.39 is 0 Å². The molecule has 1 amide bonds. The van der Waals surface area contributed by atoms with Gasteiger partial charge >= 0.3 is 0 Å². The molecular weight excluding hydrogens is 308 g/mol. The monoisotopic (exact) mass is 336 g/mol. The minimum absolute atomic E-state index is 0.00513. The van der Waals surface area contributed by atoms with Crippen LogP contribution in [0.15, 0.2) is 0 Å². The van der Waals surface area contributed by atoms with Crippen LogP contribution in [-0.2, 0) is 4.79 Å². The van der Waals surface area contributed by atoms with Crippen LogP contribution in [0.3, 0.4) is 0 Å². The fraction of sp³-hybridized carbons (Fsp3) is 0.857. The number of hydrogen-bond donors (Lipinski definition) is 4. The molecule has 0 aliphatic carbocycles. The first-order valence-electron chi connectivity index (χ1n) is 7.64. The van der Waals surface area contributed by atoms with Gasteiger partial charge < -0.3 is 30.2 Å². The third kappa shape index (κ3) is 8.60. The van der Waals surface area contributed by atoms with Crippen molar-refractivity contribution < 1.29 is 25.2 Å². The van der Waals surface area contributed by atoms with Crippen molar-refractivity contribution in [1.82, 2.24) is 9.80 Å². The lowest BCUT2D eigenvalue weighted by Crippen LogP contribution is -2.46. The van der Waals surface area contributed by atoms with E-state index in [0.29, 0.717) is 51.9 Å². The minimum atomic E-state index is -0.312. The number of carbonyl (C=O) groups is 1. The van der Waals surface area contributed by atoms with E-state index in [9.17, 15) is 4.79 Å². The standard InChI is InChI=1S/C14H28N2O5S/c17-9-1-5-15(6-2-10-18)13(21)14(22)16(7-3-11-19)8-4-12-20/h17-20H,1-12H2. The maximum atomic E-state index is 12.5. The maximum Gasteiger partial charge on any atom is 0.281 e. The van der Waals surface area contributed by atoms with Gasteiger partial charge in [0.25, 0.3) is 5.91 Å². The second-order valence-electron chi connectivity index (χ2n) is 4.89. The molecule has 22 heavy (non-hydrogen) atoms. The number of amides is 1. The molecule has 0 rings (SSSR count). The zero-order valence-electron chi connectivity index (χ0n) is 13.0. The van der Waals surface area contributed by atoms with Gasteiger partial charge in [0.2, 0.25) is 0 Å². The molecule has 0 saturated heterocycles. The Labute approximate surface area is 137 Å². The van der Waals surface area contributed by atoms with Crippen molar-refractivity contribution in [2.24, 2.45) is 0 Å². The maximum absolute atomic E-state index is 12.5. The number of aliphatic hydroxyl groups excluding tert-OH is 4. The van der Waals surface area contributed by atoms with Crippen LogP contribution in [0.25, 0.3) is 0 Å². The molecule has 0 spiro atoms. The smallest absolute Gasteiger partial charge is 0.281 e. The summed E-state index contributed by atoms with van der Waals surface area (Å²) in [6.45, 7) is 1.63. The van der Waals surface area contributed by atoms with Crippen LogP contribution < -0.4 is 0 Å². The molecule has 7 nitrogen and oxygen atoms in total. The van der Waals surface area contributed by atoms with E-state index in [-0.39, 0.29) is 37.3 Å². The van der Waals surface area contributed by atoms with Gasteiger partial charge in [-0.05, 0) is 25.7 Å². The van der Waals surface area contributed by atoms with Crippen molar-refractivity contribution in [2.75, 3.05) is 52.6 Å². The topological polar surface area (TPSA) is 104 Å². The molecule has 130 valence electrons. The molecule has 0 aromatic rings. The van der Waals surface area contributed by atoms with Crippen LogP contribution in [0.1, 0.15) is 25.7 Å². The van der Waals surface area contributed by atoms with E-state index in [2.05, 4.69) is 0 Å². The molecule has 0 bridgehead atoms. The number of carbonyl (C=O) groups excluding carboxylic acids is 1. The Bertz CT molecular complexity index is 272. The summed E-state index contributed by atoms with van der Waals surface area (Å²) in [5, 5.41) is 35.7. The Morgan fingerprint density at radius 1 is 0.682 bits per heavy atom. The Balaban J connectivity index is 4.75. The number of hydrogen-bond acceptors (Lipinski definition) is 6. The summed E-state index contributed by atoms with van der Waals surface area (Å²) in [6, 6.07) is 0. The summed E-state index contributed by atoms with van der Waals surface area (Å²) in [4.78, 5) is 15.8. The van der Waals surface area contributed by atoms with Gasteiger partial charge in [0.1, 0.15) is 0 Å². The van der Waals surface area contributed by atoms with E-state index in [1.165, 1.54) is 4.90 Å². The molecule has 0 atom stereocenters. The van der Waals surface area contributed by atoms with Crippen molar-refractivity contribution in [1.29, 1.82) is 0 Å². The zero-order valence-corrected chi connectivity index (χ0v) is 13.8. The van der Waals surface area contributed by atoms with E-state index >= 15 is 0 Å². The first kappa shape index (κ1) is 21.2. The number of thiocarbonyl (C=S) groups is 1. The fourth-order valence-corrected chi connectivity index (χ4v) is 2.26. The van der Waals surface area contributed by atoms with Gasteiger partial charge in [-0.3, -0.25) is 4.79 Å². The summed E-state index contributed by atoms with van der Waals surface area (Å²) in [5.41, 5.74) is 0. The van der Waals surface area contributed by atoms with Crippen LogP contribution in [0.4, 0.5) is 0 Å². The first-order valence-corrected chi connectivity index (χ1v) is 8.04. The Hall–Kier alpha value is -0.800. The first-order chi connectivity index (χ1) is 10.6. The third-order valence-electron chi connectivity index (χ3n) is 3.10. The van der Waals surface area contributed by atoms with Crippen molar-refractivity contribution in [2.45, 2.75) is 25.7 Å².